The van der Waals surface area contributed by atoms with Crippen molar-refractivity contribution in [2.45, 2.75) is 13.5 Å². The van der Waals surface area contributed by atoms with Crippen LogP contribution in [0.5, 0.6) is 0 Å². The predicted octanol–water partition coefficient (Wildman–Crippen LogP) is 0.628. The second-order valence-electron chi connectivity index (χ2n) is 3.70. The van der Waals surface area contributed by atoms with Crippen LogP contribution in [0, 0.1) is 0 Å². The van der Waals surface area contributed by atoms with Gasteiger partial charge in [0, 0.05) is 12.7 Å². The van der Waals surface area contributed by atoms with Gasteiger partial charge in [0.25, 0.3) is 5.91 Å². The first-order chi connectivity index (χ1) is 9.29. The van der Waals surface area contributed by atoms with Crippen molar-refractivity contribution < 1.29 is 4.79 Å². The van der Waals surface area contributed by atoms with Gasteiger partial charge in [-0.15, -0.1) is 0 Å². The number of carbonyl (C=O) groups is 1. The SMILES string of the molecule is CCNc1cncc(C(=O)NCc2ccncn2)n1. The number of carbonyl (C=O) groups excluding carboxylic acids is 1. The van der Waals surface area contributed by atoms with E-state index in [0.717, 1.165) is 12.2 Å². The molecule has 0 unspecified atom stereocenters. The lowest BCUT2D eigenvalue weighted by molar-refractivity contribution is 0.0945. The molecule has 19 heavy (non-hydrogen) atoms. The van der Waals surface area contributed by atoms with E-state index in [4.69, 9.17) is 0 Å². The fraction of sp³-hybridized carbons (Fsp3) is 0.250. The second kappa shape index (κ2) is 6.39. The van der Waals surface area contributed by atoms with Crippen molar-refractivity contribution in [3.63, 3.8) is 0 Å². The van der Waals surface area contributed by atoms with Gasteiger partial charge in [0.1, 0.15) is 17.8 Å². The molecule has 0 aliphatic heterocycles. The lowest BCUT2D eigenvalue weighted by Gasteiger charge is -2.05. The van der Waals surface area contributed by atoms with Crippen molar-refractivity contribution in [3.8, 4) is 0 Å². The highest BCUT2D eigenvalue weighted by molar-refractivity contribution is 5.92. The number of aromatic nitrogens is 4. The minimum Gasteiger partial charge on any atom is -0.369 e. The zero-order chi connectivity index (χ0) is 13.5. The molecule has 2 aromatic heterocycles. The highest BCUT2D eigenvalue weighted by atomic mass is 16.1. The Hall–Kier alpha value is -2.57. The van der Waals surface area contributed by atoms with E-state index in [1.54, 1.807) is 18.5 Å². The Morgan fingerprint density at radius 2 is 2.21 bits per heavy atom. The van der Waals surface area contributed by atoms with Crippen LogP contribution in [0.4, 0.5) is 5.82 Å². The second-order valence-corrected chi connectivity index (χ2v) is 3.70. The van der Waals surface area contributed by atoms with Gasteiger partial charge in [-0.1, -0.05) is 0 Å². The summed E-state index contributed by atoms with van der Waals surface area (Å²) in [6.07, 6.45) is 6.06. The van der Waals surface area contributed by atoms with Gasteiger partial charge in [-0.3, -0.25) is 9.78 Å². The van der Waals surface area contributed by atoms with Crippen LogP contribution in [-0.4, -0.2) is 32.4 Å². The molecular formula is C12H14N6O. The molecule has 0 atom stereocenters. The molecule has 7 nitrogen and oxygen atoms in total. The zero-order valence-corrected chi connectivity index (χ0v) is 10.5. The minimum atomic E-state index is -0.286. The van der Waals surface area contributed by atoms with Crippen LogP contribution in [0.3, 0.4) is 0 Å². The van der Waals surface area contributed by atoms with Crippen LogP contribution in [0.15, 0.2) is 31.0 Å². The number of hydrogen-bond acceptors (Lipinski definition) is 6. The molecule has 0 aliphatic carbocycles. The quantitative estimate of drug-likeness (QED) is 0.817. The molecule has 0 saturated heterocycles. The fourth-order valence-electron chi connectivity index (χ4n) is 1.43. The molecule has 98 valence electrons. The standard InChI is InChI=1S/C12H14N6O/c1-2-15-11-7-14-6-10(18-11)12(19)16-5-9-3-4-13-8-17-9/h3-4,6-8H,2,5H2,1H3,(H,15,18)(H,16,19). The largest absolute Gasteiger partial charge is 0.369 e. The number of rotatable bonds is 5. The van der Waals surface area contributed by atoms with Crippen molar-refractivity contribution in [1.29, 1.82) is 0 Å². The van der Waals surface area contributed by atoms with Crippen LogP contribution in [0.25, 0.3) is 0 Å². The van der Waals surface area contributed by atoms with E-state index in [1.165, 1.54) is 12.5 Å². The first kappa shape index (κ1) is 12.9. The maximum Gasteiger partial charge on any atom is 0.271 e. The first-order valence-corrected chi connectivity index (χ1v) is 5.88. The van der Waals surface area contributed by atoms with Crippen molar-refractivity contribution in [1.82, 2.24) is 25.3 Å². The molecule has 0 fully saturated rings. The molecule has 0 aliphatic rings. The summed E-state index contributed by atoms with van der Waals surface area (Å²) in [6, 6.07) is 1.74. The minimum absolute atomic E-state index is 0.271. The van der Waals surface area contributed by atoms with Crippen LogP contribution in [0.2, 0.25) is 0 Å². The van der Waals surface area contributed by atoms with Gasteiger partial charge >= 0.3 is 0 Å². The van der Waals surface area contributed by atoms with Crippen molar-refractivity contribution in [2.24, 2.45) is 0 Å². The summed E-state index contributed by atoms with van der Waals surface area (Å²) < 4.78 is 0. The molecule has 0 saturated carbocycles. The Morgan fingerprint density at radius 1 is 1.32 bits per heavy atom. The Morgan fingerprint density at radius 3 is 2.95 bits per heavy atom. The summed E-state index contributed by atoms with van der Waals surface area (Å²) >= 11 is 0. The Balaban J connectivity index is 1.98. The van der Waals surface area contributed by atoms with Gasteiger partial charge in [-0.25, -0.2) is 15.0 Å². The van der Waals surface area contributed by atoms with Crippen molar-refractivity contribution in [3.05, 3.63) is 42.4 Å². The van der Waals surface area contributed by atoms with E-state index >= 15 is 0 Å². The highest BCUT2D eigenvalue weighted by Crippen LogP contribution is 2.02. The number of nitrogens with one attached hydrogen (secondary N) is 2. The van der Waals surface area contributed by atoms with Gasteiger partial charge < -0.3 is 10.6 Å². The fourth-order valence-corrected chi connectivity index (χ4v) is 1.43. The molecule has 0 bridgehead atoms. The summed E-state index contributed by atoms with van der Waals surface area (Å²) in [5, 5.41) is 5.73. The summed E-state index contributed by atoms with van der Waals surface area (Å²) in [5.41, 5.74) is 1.01. The zero-order valence-electron chi connectivity index (χ0n) is 10.5. The molecule has 0 aromatic carbocycles. The first-order valence-electron chi connectivity index (χ1n) is 5.88. The molecule has 7 heteroatoms. The van der Waals surface area contributed by atoms with Gasteiger partial charge in [0.2, 0.25) is 0 Å². The Kier molecular flexibility index (Phi) is 4.33. The van der Waals surface area contributed by atoms with Gasteiger partial charge in [-0.2, -0.15) is 0 Å². The monoisotopic (exact) mass is 258 g/mol. The Bertz CT molecular complexity index is 545. The van der Waals surface area contributed by atoms with Crippen LogP contribution in [-0.2, 0) is 6.54 Å². The maximum absolute atomic E-state index is 11.9. The number of nitrogens with zero attached hydrogens (tertiary/aromatic N) is 4. The summed E-state index contributed by atoms with van der Waals surface area (Å²) in [5.74, 6) is 0.294. The average molecular weight is 258 g/mol. The molecule has 2 rings (SSSR count). The number of amides is 1. The average Bonchev–Trinajstić information content (AvgIpc) is 2.46. The van der Waals surface area contributed by atoms with Crippen molar-refractivity contribution >= 4 is 11.7 Å². The molecule has 2 heterocycles. The predicted molar refractivity (Wildman–Crippen MR) is 69.4 cm³/mol. The Labute approximate surface area is 110 Å². The van der Waals surface area contributed by atoms with Gasteiger partial charge in [-0.05, 0) is 13.0 Å². The van der Waals surface area contributed by atoms with Crippen molar-refractivity contribution in [2.75, 3.05) is 11.9 Å². The molecule has 0 radical (unpaired) electrons. The lowest BCUT2D eigenvalue weighted by Crippen LogP contribution is -2.24. The highest BCUT2D eigenvalue weighted by Gasteiger charge is 2.08. The maximum atomic E-state index is 11.9. The molecule has 2 N–H and O–H groups in total. The summed E-state index contributed by atoms with van der Waals surface area (Å²) in [6.45, 7) is 3.00. The van der Waals surface area contributed by atoms with Crippen LogP contribution < -0.4 is 10.6 Å². The topological polar surface area (TPSA) is 92.7 Å². The normalized spacial score (nSPS) is 9.95. The third-order valence-electron chi connectivity index (χ3n) is 2.30. The molecule has 1 amide bonds. The summed E-state index contributed by atoms with van der Waals surface area (Å²) in [7, 11) is 0. The number of anilines is 1. The molecular weight excluding hydrogens is 244 g/mol. The number of hydrogen-bond donors (Lipinski definition) is 2. The summed E-state index contributed by atoms with van der Waals surface area (Å²) in [4.78, 5) is 27.8. The van der Waals surface area contributed by atoms with Crippen LogP contribution >= 0.6 is 0 Å². The lowest BCUT2D eigenvalue weighted by atomic mass is 10.3. The smallest absolute Gasteiger partial charge is 0.271 e. The van der Waals surface area contributed by atoms with E-state index in [2.05, 4.69) is 30.6 Å². The van der Waals surface area contributed by atoms with E-state index in [0.29, 0.717) is 12.4 Å². The van der Waals surface area contributed by atoms with Crippen LogP contribution in [0.1, 0.15) is 23.1 Å². The van der Waals surface area contributed by atoms with E-state index in [9.17, 15) is 4.79 Å². The van der Waals surface area contributed by atoms with E-state index in [-0.39, 0.29) is 11.6 Å². The van der Waals surface area contributed by atoms with E-state index < -0.39 is 0 Å². The van der Waals surface area contributed by atoms with E-state index in [1.807, 2.05) is 6.92 Å². The van der Waals surface area contributed by atoms with Gasteiger partial charge in [0.05, 0.1) is 24.6 Å². The van der Waals surface area contributed by atoms with Gasteiger partial charge in [0.15, 0.2) is 0 Å². The third-order valence-corrected chi connectivity index (χ3v) is 2.30. The molecule has 2 aromatic rings. The third kappa shape index (κ3) is 3.70. The molecule has 0 spiro atoms.